The van der Waals surface area contributed by atoms with Gasteiger partial charge in [0.05, 0.1) is 10.7 Å². The molecule has 0 fully saturated rings. The second kappa shape index (κ2) is 6.59. The quantitative estimate of drug-likeness (QED) is 0.853. The lowest BCUT2D eigenvalue weighted by Gasteiger charge is -2.07. The summed E-state index contributed by atoms with van der Waals surface area (Å²) in [4.78, 5) is 13.2. The number of hydrogen-bond acceptors (Lipinski definition) is 4. The van der Waals surface area contributed by atoms with E-state index in [0.29, 0.717) is 16.5 Å². The molecule has 2 aromatic rings. The number of halogens is 1. The zero-order valence-electron chi connectivity index (χ0n) is 11.2. The highest BCUT2D eigenvalue weighted by Gasteiger charge is 2.09. The van der Waals surface area contributed by atoms with E-state index >= 15 is 0 Å². The van der Waals surface area contributed by atoms with Crippen LogP contribution in [0.4, 0.5) is 0 Å². The summed E-state index contributed by atoms with van der Waals surface area (Å²) in [6.45, 7) is 5.79. The second-order valence-electron chi connectivity index (χ2n) is 4.33. The molecular formula is C14H17ClN4. The van der Waals surface area contributed by atoms with Crippen molar-refractivity contribution < 1.29 is 0 Å². The molecule has 0 aromatic carbocycles. The van der Waals surface area contributed by atoms with Gasteiger partial charge in [-0.2, -0.15) is 0 Å². The predicted molar refractivity (Wildman–Crippen MR) is 77.0 cm³/mol. The van der Waals surface area contributed by atoms with Gasteiger partial charge in [-0.1, -0.05) is 18.5 Å². The molecule has 0 radical (unpaired) electrons. The van der Waals surface area contributed by atoms with E-state index in [0.717, 1.165) is 30.9 Å². The van der Waals surface area contributed by atoms with Crippen molar-refractivity contribution in [3.63, 3.8) is 0 Å². The Morgan fingerprint density at radius 2 is 2.16 bits per heavy atom. The highest BCUT2D eigenvalue weighted by molar-refractivity contribution is 6.32. The summed E-state index contributed by atoms with van der Waals surface area (Å²) in [6.07, 6.45) is 2.80. The zero-order valence-corrected chi connectivity index (χ0v) is 11.9. The normalized spacial score (nSPS) is 10.7. The van der Waals surface area contributed by atoms with Crippen LogP contribution in [0.3, 0.4) is 0 Å². The van der Waals surface area contributed by atoms with Crippen LogP contribution in [0.2, 0.25) is 5.02 Å². The number of hydrogen-bond donors (Lipinski definition) is 1. The number of pyridine rings is 1. The van der Waals surface area contributed by atoms with Gasteiger partial charge in [-0.3, -0.25) is 4.98 Å². The molecule has 0 atom stereocenters. The van der Waals surface area contributed by atoms with Crippen LogP contribution in [0, 0.1) is 6.92 Å². The largest absolute Gasteiger partial charge is 0.311 e. The summed E-state index contributed by atoms with van der Waals surface area (Å²) in [7, 11) is 0. The van der Waals surface area contributed by atoms with Crippen LogP contribution in [-0.2, 0) is 6.54 Å². The van der Waals surface area contributed by atoms with Crippen molar-refractivity contribution in [2.75, 3.05) is 6.54 Å². The lowest BCUT2D eigenvalue weighted by atomic mass is 10.3. The highest BCUT2D eigenvalue weighted by atomic mass is 35.5. The van der Waals surface area contributed by atoms with Crippen LogP contribution in [0.15, 0.2) is 24.4 Å². The first-order valence-corrected chi connectivity index (χ1v) is 6.74. The van der Waals surface area contributed by atoms with E-state index in [9.17, 15) is 0 Å². The Bertz CT molecular complexity index is 557. The molecule has 0 unspecified atom stereocenters. The molecule has 0 amide bonds. The molecular weight excluding hydrogens is 260 g/mol. The minimum atomic E-state index is 0.570. The van der Waals surface area contributed by atoms with Crippen LogP contribution in [0.25, 0.3) is 11.5 Å². The average Bonchev–Trinajstić information content (AvgIpc) is 2.39. The maximum Gasteiger partial charge on any atom is 0.180 e. The number of aromatic nitrogens is 3. The minimum Gasteiger partial charge on any atom is -0.311 e. The molecule has 2 aromatic heterocycles. The Hall–Kier alpha value is -1.52. The predicted octanol–water partition coefficient (Wildman–Crippen LogP) is 3.00. The van der Waals surface area contributed by atoms with Crippen molar-refractivity contribution in [1.29, 1.82) is 0 Å². The van der Waals surface area contributed by atoms with Crippen LogP contribution in [-0.4, -0.2) is 21.5 Å². The molecule has 4 nitrogen and oxygen atoms in total. The first-order chi connectivity index (χ1) is 9.20. The van der Waals surface area contributed by atoms with Gasteiger partial charge in [-0.05, 0) is 38.1 Å². The van der Waals surface area contributed by atoms with Gasteiger partial charge in [0.15, 0.2) is 5.82 Å². The van der Waals surface area contributed by atoms with Gasteiger partial charge in [0.25, 0.3) is 0 Å². The van der Waals surface area contributed by atoms with Crippen LogP contribution in [0.1, 0.15) is 24.7 Å². The standard InChI is InChI=1S/C14H17ClN4/c1-3-6-16-9-11-8-10(2)18-14(19-11)13-12(15)5-4-7-17-13/h4-5,7-8,16H,3,6,9H2,1-2H3. The third-order valence-electron chi connectivity index (χ3n) is 2.61. The van der Waals surface area contributed by atoms with Crippen LogP contribution >= 0.6 is 11.6 Å². The number of nitrogens with zero attached hydrogens (tertiary/aromatic N) is 3. The monoisotopic (exact) mass is 276 g/mol. The van der Waals surface area contributed by atoms with Crippen molar-refractivity contribution in [2.45, 2.75) is 26.8 Å². The van der Waals surface area contributed by atoms with Crippen molar-refractivity contribution >= 4 is 11.6 Å². The van der Waals surface area contributed by atoms with E-state index in [2.05, 4.69) is 27.2 Å². The molecule has 0 bridgehead atoms. The summed E-state index contributed by atoms with van der Waals surface area (Å²) in [5.41, 5.74) is 2.50. The first-order valence-electron chi connectivity index (χ1n) is 6.37. The summed E-state index contributed by atoms with van der Waals surface area (Å²) < 4.78 is 0. The Morgan fingerprint density at radius 1 is 1.32 bits per heavy atom. The first kappa shape index (κ1) is 13.9. The Labute approximate surface area is 118 Å². The number of aryl methyl sites for hydroxylation is 1. The van der Waals surface area contributed by atoms with Gasteiger partial charge in [-0.15, -0.1) is 0 Å². The van der Waals surface area contributed by atoms with Gasteiger partial charge >= 0.3 is 0 Å². The Morgan fingerprint density at radius 3 is 2.89 bits per heavy atom. The van der Waals surface area contributed by atoms with Gasteiger partial charge in [-0.25, -0.2) is 9.97 Å². The summed E-state index contributed by atoms with van der Waals surface area (Å²) >= 11 is 6.13. The molecule has 100 valence electrons. The maximum atomic E-state index is 6.13. The molecule has 0 spiro atoms. The van der Waals surface area contributed by atoms with Crippen molar-refractivity contribution in [1.82, 2.24) is 20.3 Å². The molecule has 0 saturated heterocycles. The number of rotatable bonds is 5. The van der Waals surface area contributed by atoms with E-state index in [1.54, 1.807) is 18.3 Å². The molecule has 0 saturated carbocycles. The lowest BCUT2D eigenvalue weighted by molar-refractivity contribution is 0.662. The smallest absolute Gasteiger partial charge is 0.180 e. The van der Waals surface area contributed by atoms with E-state index in [-0.39, 0.29) is 0 Å². The number of nitrogens with one attached hydrogen (secondary N) is 1. The maximum absolute atomic E-state index is 6.13. The average molecular weight is 277 g/mol. The molecule has 0 aliphatic rings. The fourth-order valence-electron chi connectivity index (χ4n) is 1.77. The second-order valence-corrected chi connectivity index (χ2v) is 4.74. The van der Waals surface area contributed by atoms with E-state index in [4.69, 9.17) is 11.6 Å². The van der Waals surface area contributed by atoms with Gasteiger partial charge in [0.2, 0.25) is 0 Å². The van der Waals surface area contributed by atoms with Gasteiger partial charge < -0.3 is 5.32 Å². The van der Waals surface area contributed by atoms with Crippen LogP contribution in [0.5, 0.6) is 0 Å². The van der Waals surface area contributed by atoms with E-state index in [1.165, 1.54) is 0 Å². The third kappa shape index (κ3) is 3.72. The molecule has 2 rings (SSSR count). The van der Waals surface area contributed by atoms with Crippen LogP contribution < -0.4 is 5.32 Å². The molecule has 0 aliphatic carbocycles. The third-order valence-corrected chi connectivity index (χ3v) is 2.92. The fourth-order valence-corrected chi connectivity index (χ4v) is 1.98. The Kier molecular flexibility index (Phi) is 4.82. The topological polar surface area (TPSA) is 50.7 Å². The van der Waals surface area contributed by atoms with E-state index < -0.39 is 0 Å². The summed E-state index contributed by atoms with van der Waals surface area (Å²) in [6, 6.07) is 5.57. The molecule has 19 heavy (non-hydrogen) atoms. The summed E-state index contributed by atoms with van der Waals surface area (Å²) in [5, 5.41) is 3.90. The SMILES string of the molecule is CCCNCc1cc(C)nc(-c2ncccc2Cl)n1. The molecule has 0 aliphatic heterocycles. The minimum absolute atomic E-state index is 0.570. The molecule has 1 N–H and O–H groups in total. The van der Waals surface area contributed by atoms with Crippen molar-refractivity contribution in [3.8, 4) is 11.5 Å². The van der Waals surface area contributed by atoms with E-state index in [1.807, 2.05) is 13.0 Å². The van der Waals surface area contributed by atoms with Crippen molar-refractivity contribution in [3.05, 3.63) is 40.8 Å². The summed E-state index contributed by atoms with van der Waals surface area (Å²) in [5.74, 6) is 0.582. The molecule has 2 heterocycles. The van der Waals surface area contributed by atoms with Gasteiger partial charge in [0, 0.05) is 18.4 Å². The van der Waals surface area contributed by atoms with Gasteiger partial charge in [0.1, 0.15) is 5.69 Å². The Balaban J connectivity index is 2.29. The molecule has 5 heteroatoms. The fraction of sp³-hybridized carbons (Fsp3) is 0.357. The lowest BCUT2D eigenvalue weighted by Crippen LogP contribution is -2.15. The van der Waals surface area contributed by atoms with Crippen molar-refractivity contribution in [2.24, 2.45) is 0 Å². The highest BCUT2D eigenvalue weighted by Crippen LogP contribution is 2.22. The zero-order chi connectivity index (χ0) is 13.7.